The molecule has 3 rings (SSSR count). The number of aromatic nitrogens is 1. The van der Waals surface area contributed by atoms with Crippen molar-refractivity contribution in [3.05, 3.63) is 59.4 Å². The molecule has 102 valence electrons. The van der Waals surface area contributed by atoms with Crippen LogP contribution in [0.4, 0.5) is 5.69 Å². The molecule has 0 saturated carbocycles. The molecule has 1 aliphatic heterocycles. The minimum absolute atomic E-state index is 0.394. The van der Waals surface area contributed by atoms with E-state index in [2.05, 4.69) is 16.4 Å². The number of benzene rings is 1. The maximum atomic E-state index is 12.1. The Bertz CT molecular complexity index is 654. The van der Waals surface area contributed by atoms with Crippen LogP contribution in [0.5, 0.6) is 0 Å². The molecule has 1 aromatic heterocycles. The number of anilines is 1. The molecular formula is C16H17N3O. The van der Waals surface area contributed by atoms with Crippen LogP contribution in [-0.4, -0.2) is 17.4 Å². The maximum absolute atomic E-state index is 12.1. The minimum Gasteiger partial charge on any atom is -0.384 e. The van der Waals surface area contributed by atoms with Gasteiger partial charge in [-0.1, -0.05) is 18.2 Å². The third-order valence-corrected chi connectivity index (χ3v) is 4.07. The zero-order chi connectivity index (χ0) is 14.2. The topological polar surface area (TPSA) is 68.0 Å². The zero-order valence-electron chi connectivity index (χ0n) is 11.4. The van der Waals surface area contributed by atoms with E-state index in [-0.39, 0.29) is 0 Å². The van der Waals surface area contributed by atoms with Gasteiger partial charge in [0.05, 0.1) is 5.69 Å². The van der Waals surface area contributed by atoms with Crippen molar-refractivity contribution < 1.29 is 4.79 Å². The van der Waals surface area contributed by atoms with Crippen LogP contribution in [0, 0.1) is 0 Å². The first kappa shape index (κ1) is 12.7. The van der Waals surface area contributed by atoms with Crippen molar-refractivity contribution in [1.29, 1.82) is 0 Å². The van der Waals surface area contributed by atoms with Gasteiger partial charge in [-0.2, -0.15) is 0 Å². The van der Waals surface area contributed by atoms with E-state index in [4.69, 9.17) is 5.73 Å². The second kappa shape index (κ2) is 4.63. The van der Waals surface area contributed by atoms with Crippen LogP contribution >= 0.6 is 0 Å². The zero-order valence-corrected chi connectivity index (χ0v) is 11.4. The Hall–Kier alpha value is -2.36. The van der Waals surface area contributed by atoms with Gasteiger partial charge >= 0.3 is 0 Å². The van der Waals surface area contributed by atoms with Crippen LogP contribution in [-0.2, 0) is 16.6 Å². The fourth-order valence-electron chi connectivity index (χ4n) is 2.68. The predicted molar refractivity (Wildman–Crippen MR) is 78.5 cm³/mol. The highest BCUT2D eigenvalue weighted by molar-refractivity contribution is 5.90. The van der Waals surface area contributed by atoms with Crippen LogP contribution in [0.3, 0.4) is 0 Å². The third kappa shape index (κ3) is 1.84. The lowest BCUT2D eigenvalue weighted by molar-refractivity contribution is -0.121. The summed E-state index contributed by atoms with van der Waals surface area (Å²) in [5.41, 5.74) is 8.68. The van der Waals surface area contributed by atoms with E-state index in [9.17, 15) is 4.79 Å². The maximum Gasteiger partial charge on any atom is 0.233 e. The number of carbonyl (C=O) groups is 1. The lowest BCUT2D eigenvalue weighted by Crippen LogP contribution is -2.40. The molecule has 0 saturated heterocycles. The van der Waals surface area contributed by atoms with Gasteiger partial charge in [-0.3, -0.25) is 9.78 Å². The molecule has 0 bridgehead atoms. The van der Waals surface area contributed by atoms with Crippen LogP contribution in [0.1, 0.15) is 23.7 Å². The van der Waals surface area contributed by atoms with Crippen molar-refractivity contribution >= 4 is 11.6 Å². The van der Waals surface area contributed by atoms with Crippen molar-refractivity contribution in [3.63, 3.8) is 0 Å². The molecular weight excluding hydrogens is 250 g/mol. The first-order valence-corrected chi connectivity index (χ1v) is 6.71. The summed E-state index contributed by atoms with van der Waals surface area (Å²) in [6.07, 6.45) is 2.70. The lowest BCUT2D eigenvalue weighted by Gasteiger charge is -2.26. The number of nitrogens with zero attached hydrogens (tertiary/aromatic N) is 1. The Morgan fingerprint density at radius 2 is 2.20 bits per heavy atom. The van der Waals surface area contributed by atoms with Crippen LogP contribution in [0.2, 0.25) is 0 Å². The molecule has 0 aliphatic carbocycles. The first-order valence-electron chi connectivity index (χ1n) is 6.71. The van der Waals surface area contributed by atoms with Gasteiger partial charge in [0.1, 0.15) is 5.41 Å². The Morgan fingerprint density at radius 1 is 1.35 bits per heavy atom. The minimum atomic E-state index is -0.916. The van der Waals surface area contributed by atoms with Gasteiger partial charge in [0, 0.05) is 18.4 Å². The molecule has 3 N–H and O–H groups in total. The van der Waals surface area contributed by atoms with Crippen LogP contribution in [0.25, 0.3) is 0 Å². The number of pyridine rings is 1. The predicted octanol–water partition coefficient (Wildman–Crippen LogP) is 1.84. The summed E-state index contributed by atoms with van der Waals surface area (Å²) in [6.45, 7) is 2.77. The van der Waals surface area contributed by atoms with Gasteiger partial charge in [0.15, 0.2) is 0 Å². The van der Waals surface area contributed by atoms with E-state index >= 15 is 0 Å². The summed E-state index contributed by atoms with van der Waals surface area (Å²) >= 11 is 0. The van der Waals surface area contributed by atoms with Gasteiger partial charge in [-0.25, -0.2) is 0 Å². The van der Waals surface area contributed by atoms with Gasteiger partial charge in [-0.05, 0) is 42.7 Å². The number of fused-ring (bicyclic) bond motifs is 1. The van der Waals surface area contributed by atoms with Crippen LogP contribution in [0.15, 0.2) is 42.6 Å². The van der Waals surface area contributed by atoms with Gasteiger partial charge in [-0.15, -0.1) is 0 Å². The smallest absolute Gasteiger partial charge is 0.233 e. The summed E-state index contributed by atoms with van der Waals surface area (Å²) in [7, 11) is 0. The molecule has 2 aromatic rings. The average molecular weight is 267 g/mol. The number of nitrogens with two attached hydrogens (primary N) is 1. The van der Waals surface area contributed by atoms with E-state index in [1.807, 2.05) is 37.3 Å². The second-order valence-electron chi connectivity index (χ2n) is 5.25. The normalized spacial score (nSPS) is 16.1. The van der Waals surface area contributed by atoms with Crippen molar-refractivity contribution in [2.45, 2.75) is 18.8 Å². The van der Waals surface area contributed by atoms with E-state index in [1.165, 1.54) is 5.56 Å². The average Bonchev–Trinajstić information content (AvgIpc) is 2.94. The Kier molecular flexibility index (Phi) is 2.93. The number of amides is 1. The van der Waals surface area contributed by atoms with Gasteiger partial charge in [0.25, 0.3) is 0 Å². The summed E-state index contributed by atoms with van der Waals surface area (Å²) in [6, 6.07) is 11.6. The fraction of sp³-hybridized carbons (Fsp3) is 0.250. The summed E-state index contributed by atoms with van der Waals surface area (Å²) in [5.74, 6) is -0.394. The molecule has 0 fully saturated rings. The number of carbonyl (C=O) groups excluding carboxylic acids is 1. The van der Waals surface area contributed by atoms with Gasteiger partial charge < -0.3 is 11.1 Å². The second-order valence-corrected chi connectivity index (χ2v) is 5.25. The number of primary amides is 1. The number of hydrogen-bond acceptors (Lipinski definition) is 3. The standard InChI is InChI=1S/C16H17N3O/c1-16(15(17)20,14-4-2-3-8-19-14)12-6-5-11-7-9-18-13(11)10-12/h2-6,8,10,18H,7,9H2,1H3,(H2,17,20). The molecule has 1 unspecified atom stereocenters. The summed E-state index contributed by atoms with van der Waals surface area (Å²) in [5, 5.41) is 3.33. The van der Waals surface area contributed by atoms with Crippen molar-refractivity contribution in [3.8, 4) is 0 Å². The molecule has 4 nitrogen and oxygen atoms in total. The highest BCUT2D eigenvalue weighted by Gasteiger charge is 2.37. The van der Waals surface area contributed by atoms with Crippen molar-refractivity contribution in [2.24, 2.45) is 5.73 Å². The van der Waals surface area contributed by atoms with Crippen molar-refractivity contribution in [2.75, 3.05) is 11.9 Å². The Labute approximate surface area is 118 Å². The van der Waals surface area contributed by atoms with E-state index < -0.39 is 11.3 Å². The summed E-state index contributed by atoms with van der Waals surface area (Å²) in [4.78, 5) is 16.4. The largest absolute Gasteiger partial charge is 0.384 e. The third-order valence-electron chi connectivity index (χ3n) is 4.07. The Balaban J connectivity index is 2.14. The van der Waals surface area contributed by atoms with Crippen LogP contribution < -0.4 is 11.1 Å². The van der Waals surface area contributed by atoms with E-state index in [0.717, 1.165) is 24.2 Å². The van der Waals surface area contributed by atoms with Crippen molar-refractivity contribution in [1.82, 2.24) is 4.98 Å². The quantitative estimate of drug-likeness (QED) is 0.891. The lowest BCUT2D eigenvalue weighted by atomic mass is 9.78. The van der Waals surface area contributed by atoms with Gasteiger partial charge in [0.2, 0.25) is 5.91 Å². The molecule has 1 aromatic carbocycles. The molecule has 2 heterocycles. The summed E-state index contributed by atoms with van der Waals surface area (Å²) < 4.78 is 0. The Morgan fingerprint density at radius 3 is 2.90 bits per heavy atom. The highest BCUT2D eigenvalue weighted by atomic mass is 16.1. The van der Waals surface area contributed by atoms with E-state index in [0.29, 0.717) is 5.69 Å². The molecule has 4 heteroatoms. The molecule has 1 amide bonds. The molecule has 1 atom stereocenters. The SMILES string of the molecule is CC(C(N)=O)(c1ccc2c(c1)NCC2)c1ccccn1. The number of rotatable bonds is 3. The van der Waals surface area contributed by atoms with E-state index in [1.54, 1.807) is 6.20 Å². The molecule has 20 heavy (non-hydrogen) atoms. The first-order chi connectivity index (χ1) is 9.62. The molecule has 1 aliphatic rings. The monoisotopic (exact) mass is 267 g/mol. The number of nitrogens with one attached hydrogen (secondary N) is 1. The number of hydrogen-bond donors (Lipinski definition) is 2. The highest BCUT2D eigenvalue weighted by Crippen LogP contribution is 2.34. The molecule has 0 radical (unpaired) electrons. The molecule has 0 spiro atoms. The fourth-order valence-corrected chi connectivity index (χ4v) is 2.68.